The summed E-state index contributed by atoms with van der Waals surface area (Å²) in [6.45, 7) is 0.337. The number of sulfone groups is 1. The lowest BCUT2D eigenvalue weighted by atomic mass is 10.0. The molecule has 0 bridgehead atoms. The van der Waals surface area contributed by atoms with Crippen molar-refractivity contribution < 1.29 is 13.2 Å². The van der Waals surface area contributed by atoms with Gasteiger partial charge in [-0.05, 0) is 41.0 Å². The van der Waals surface area contributed by atoms with E-state index >= 15 is 0 Å². The molecule has 0 atom stereocenters. The van der Waals surface area contributed by atoms with Crippen LogP contribution in [0.15, 0.2) is 108 Å². The van der Waals surface area contributed by atoms with Crippen LogP contribution in [0.3, 0.4) is 0 Å². The van der Waals surface area contributed by atoms with Gasteiger partial charge in [0.25, 0.3) is 0 Å². The van der Waals surface area contributed by atoms with Crippen LogP contribution in [0, 0.1) is 5.41 Å². The molecule has 0 saturated heterocycles. The smallest absolute Gasteiger partial charge is 0.231 e. The minimum Gasteiger partial charge on any atom is -0.384 e. The third-order valence-corrected chi connectivity index (χ3v) is 7.01. The van der Waals surface area contributed by atoms with Gasteiger partial charge >= 0.3 is 0 Å². The number of amides is 1. The van der Waals surface area contributed by atoms with Crippen LogP contribution in [-0.2, 0) is 27.6 Å². The van der Waals surface area contributed by atoms with Crippen molar-refractivity contribution in [2.24, 2.45) is 5.73 Å². The molecule has 0 heterocycles. The number of anilines is 1. The zero-order valence-corrected chi connectivity index (χ0v) is 20.7. The highest BCUT2D eigenvalue weighted by Crippen LogP contribution is 2.28. The zero-order chi connectivity index (χ0) is 25.7. The van der Waals surface area contributed by atoms with Crippen molar-refractivity contribution >= 4 is 27.3 Å². The third kappa shape index (κ3) is 5.87. The van der Waals surface area contributed by atoms with Gasteiger partial charge in [-0.2, -0.15) is 0 Å². The number of carbonyl (C=O) groups excluding carboxylic acids is 1. The molecular weight excluding hydrogens is 470 g/mol. The second kappa shape index (κ2) is 10.6. The molecule has 4 rings (SSSR count). The van der Waals surface area contributed by atoms with Crippen LogP contribution in [0.2, 0.25) is 0 Å². The number of nitrogens with zero attached hydrogens (tertiary/aromatic N) is 1. The minimum absolute atomic E-state index is 0.0213. The van der Waals surface area contributed by atoms with Crippen LogP contribution in [0.1, 0.15) is 16.7 Å². The van der Waals surface area contributed by atoms with Crippen LogP contribution in [-0.4, -0.2) is 26.4 Å². The molecular formula is C29H27N3O3S. The van der Waals surface area contributed by atoms with Gasteiger partial charge in [0.1, 0.15) is 5.84 Å². The molecule has 4 aromatic rings. The lowest BCUT2D eigenvalue weighted by Gasteiger charge is -2.23. The highest BCUT2D eigenvalue weighted by molar-refractivity contribution is 7.90. The van der Waals surface area contributed by atoms with E-state index in [9.17, 15) is 13.2 Å². The molecule has 182 valence electrons. The first-order valence-electron chi connectivity index (χ1n) is 11.4. The van der Waals surface area contributed by atoms with Crippen LogP contribution < -0.4 is 10.6 Å². The molecule has 1 amide bonds. The van der Waals surface area contributed by atoms with Gasteiger partial charge in [0.2, 0.25) is 5.91 Å². The van der Waals surface area contributed by atoms with Gasteiger partial charge in [0, 0.05) is 23.1 Å². The van der Waals surface area contributed by atoms with Crippen LogP contribution in [0.25, 0.3) is 11.1 Å². The SMILES string of the molecule is CS(=O)(=O)c1ccccc1-c1ccc(CC(=O)N(Cc2cccc(C(=N)N)c2)c2ccccc2)cc1. The van der Waals surface area contributed by atoms with Crippen molar-refractivity contribution in [3.05, 3.63) is 120 Å². The average Bonchev–Trinajstić information content (AvgIpc) is 2.88. The summed E-state index contributed by atoms with van der Waals surface area (Å²) in [5.74, 6) is -0.106. The fourth-order valence-electron chi connectivity index (χ4n) is 4.05. The van der Waals surface area contributed by atoms with Crippen molar-refractivity contribution in [3.63, 3.8) is 0 Å². The van der Waals surface area contributed by atoms with E-state index in [4.69, 9.17) is 11.1 Å². The second-order valence-electron chi connectivity index (χ2n) is 8.57. The predicted molar refractivity (Wildman–Crippen MR) is 144 cm³/mol. The molecule has 0 saturated carbocycles. The van der Waals surface area contributed by atoms with Gasteiger partial charge in [-0.15, -0.1) is 0 Å². The Morgan fingerprint density at radius 1 is 0.833 bits per heavy atom. The summed E-state index contributed by atoms with van der Waals surface area (Å²) >= 11 is 0. The molecule has 0 aliphatic rings. The van der Waals surface area contributed by atoms with E-state index in [1.54, 1.807) is 35.2 Å². The highest BCUT2D eigenvalue weighted by Gasteiger charge is 2.18. The number of para-hydroxylation sites is 1. The number of carbonyl (C=O) groups is 1. The number of benzene rings is 4. The first-order valence-corrected chi connectivity index (χ1v) is 13.3. The molecule has 36 heavy (non-hydrogen) atoms. The number of amidine groups is 1. The maximum atomic E-state index is 13.5. The Morgan fingerprint density at radius 3 is 2.17 bits per heavy atom. The lowest BCUT2D eigenvalue weighted by Crippen LogP contribution is -2.31. The molecule has 0 spiro atoms. The molecule has 0 fully saturated rings. The van der Waals surface area contributed by atoms with E-state index in [-0.39, 0.29) is 23.1 Å². The van der Waals surface area contributed by atoms with E-state index in [2.05, 4.69) is 0 Å². The van der Waals surface area contributed by atoms with E-state index in [1.807, 2.05) is 72.8 Å². The average molecular weight is 498 g/mol. The molecule has 0 aliphatic carbocycles. The molecule has 0 aliphatic heterocycles. The zero-order valence-electron chi connectivity index (χ0n) is 19.9. The van der Waals surface area contributed by atoms with Crippen molar-refractivity contribution in [2.45, 2.75) is 17.9 Å². The van der Waals surface area contributed by atoms with E-state index < -0.39 is 9.84 Å². The standard InChI is InChI=1S/C29H27N3O3S/c1-36(34,35)27-13-6-5-12-26(27)23-16-14-21(15-17-23)19-28(33)32(25-10-3-2-4-11-25)20-22-8-7-9-24(18-22)29(30)31/h2-18H,19-20H2,1H3,(H3,30,31). The first-order chi connectivity index (χ1) is 17.2. The maximum absolute atomic E-state index is 13.5. The van der Waals surface area contributed by atoms with Gasteiger partial charge in [-0.25, -0.2) is 8.42 Å². The summed E-state index contributed by atoms with van der Waals surface area (Å²) in [5, 5.41) is 7.70. The summed E-state index contributed by atoms with van der Waals surface area (Å²) in [4.78, 5) is 15.4. The van der Waals surface area contributed by atoms with Gasteiger partial charge < -0.3 is 10.6 Å². The van der Waals surface area contributed by atoms with Crippen molar-refractivity contribution in [3.8, 4) is 11.1 Å². The van der Waals surface area contributed by atoms with E-state index in [1.165, 1.54) is 6.26 Å². The molecule has 0 unspecified atom stereocenters. The number of nitrogen functional groups attached to an aromatic ring is 1. The predicted octanol–water partition coefficient (Wildman–Crippen LogP) is 4.82. The Bertz CT molecular complexity index is 1500. The van der Waals surface area contributed by atoms with Gasteiger partial charge in [-0.1, -0.05) is 78.9 Å². The number of hydrogen-bond donors (Lipinski definition) is 2. The van der Waals surface area contributed by atoms with Crippen molar-refractivity contribution in [2.75, 3.05) is 11.2 Å². The summed E-state index contributed by atoms with van der Waals surface area (Å²) < 4.78 is 24.4. The Hall–Kier alpha value is -4.23. The summed E-state index contributed by atoms with van der Waals surface area (Å²) in [5.41, 5.74) is 10.1. The summed E-state index contributed by atoms with van der Waals surface area (Å²) in [6.07, 6.45) is 1.37. The van der Waals surface area contributed by atoms with Crippen molar-refractivity contribution in [1.29, 1.82) is 5.41 Å². The Morgan fingerprint density at radius 2 is 1.50 bits per heavy atom. The lowest BCUT2D eigenvalue weighted by molar-refractivity contribution is -0.118. The summed E-state index contributed by atoms with van der Waals surface area (Å²) in [7, 11) is -3.37. The number of nitrogens with one attached hydrogen (secondary N) is 1. The molecule has 4 aromatic carbocycles. The maximum Gasteiger partial charge on any atom is 0.231 e. The monoisotopic (exact) mass is 497 g/mol. The largest absolute Gasteiger partial charge is 0.384 e. The normalized spacial score (nSPS) is 11.1. The molecule has 6 nitrogen and oxygen atoms in total. The van der Waals surface area contributed by atoms with Gasteiger partial charge in [0.05, 0.1) is 17.9 Å². The van der Waals surface area contributed by atoms with Gasteiger partial charge in [0.15, 0.2) is 9.84 Å². The highest BCUT2D eigenvalue weighted by atomic mass is 32.2. The Balaban J connectivity index is 1.59. The fraction of sp³-hybridized carbons (Fsp3) is 0.103. The van der Waals surface area contributed by atoms with Crippen LogP contribution >= 0.6 is 0 Å². The van der Waals surface area contributed by atoms with Crippen LogP contribution in [0.4, 0.5) is 5.69 Å². The minimum atomic E-state index is -3.37. The molecule has 3 N–H and O–H groups in total. The quantitative estimate of drug-likeness (QED) is 0.269. The number of rotatable bonds is 8. The topological polar surface area (TPSA) is 104 Å². The van der Waals surface area contributed by atoms with E-state index in [0.717, 1.165) is 22.4 Å². The number of nitrogens with two attached hydrogens (primary N) is 1. The number of hydrogen-bond acceptors (Lipinski definition) is 4. The van der Waals surface area contributed by atoms with Crippen molar-refractivity contribution in [1.82, 2.24) is 0 Å². The third-order valence-electron chi connectivity index (χ3n) is 5.85. The van der Waals surface area contributed by atoms with Crippen LogP contribution in [0.5, 0.6) is 0 Å². The first kappa shape index (κ1) is 24.9. The van der Waals surface area contributed by atoms with Gasteiger partial charge in [-0.3, -0.25) is 10.2 Å². The Labute approximate surface area is 211 Å². The van der Waals surface area contributed by atoms with E-state index in [0.29, 0.717) is 17.7 Å². The molecule has 7 heteroatoms. The Kier molecular flexibility index (Phi) is 7.31. The molecule has 0 aromatic heterocycles. The summed E-state index contributed by atoms with van der Waals surface area (Å²) in [6, 6.07) is 31.0. The fourth-order valence-corrected chi connectivity index (χ4v) is 4.96. The molecule has 0 radical (unpaired) electrons. The second-order valence-corrected chi connectivity index (χ2v) is 10.6.